The molecule has 0 spiro atoms. The molecule has 8 nitrogen and oxygen atoms in total. The first-order valence-electron chi connectivity index (χ1n) is 7.91. The number of hydrogen-bond acceptors (Lipinski definition) is 5. The second kappa shape index (κ2) is 6.58. The normalized spacial score (nSPS) is 19.8. The summed E-state index contributed by atoms with van der Waals surface area (Å²) in [7, 11) is -0.283. The lowest BCUT2D eigenvalue weighted by molar-refractivity contribution is 0.296. The smallest absolute Gasteiger partial charge is 0.281 e. The van der Waals surface area contributed by atoms with Gasteiger partial charge in [0.1, 0.15) is 11.5 Å². The van der Waals surface area contributed by atoms with E-state index in [-0.39, 0.29) is 5.92 Å². The second-order valence-electron chi connectivity index (χ2n) is 6.15. The van der Waals surface area contributed by atoms with E-state index < -0.39 is 10.2 Å². The van der Waals surface area contributed by atoms with Crippen LogP contribution in [0.4, 0.5) is 0 Å². The number of hydrogen-bond donors (Lipinski definition) is 1. The first-order chi connectivity index (χ1) is 11.4. The molecule has 0 amide bonds. The largest absolute Gasteiger partial charge is 0.343 e. The van der Waals surface area contributed by atoms with Crippen LogP contribution in [0.25, 0.3) is 11.5 Å². The Balaban J connectivity index is 1.89. The molecule has 0 bridgehead atoms. The molecule has 3 heterocycles. The van der Waals surface area contributed by atoms with Gasteiger partial charge in [-0.15, -0.1) is 0 Å². The fraction of sp³-hybridized carbons (Fsp3) is 0.533. The van der Waals surface area contributed by atoms with Gasteiger partial charge in [-0.25, -0.2) is 15.0 Å². The molecule has 2 aromatic heterocycles. The van der Waals surface area contributed by atoms with Crippen molar-refractivity contribution in [2.75, 3.05) is 27.2 Å². The second-order valence-corrected chi connectivity index (χ2v) is 8.29. The van der Waals surface area contributed by atoms with Crippen LogP contribution in [0.2, 0.25) is 0 Å². The number of aromatic nitrogens is 4. The van der Waals surface area contributed by atoms with Crippen molar-refractivity contribution < 1.29 is 8.42 Å². The number of aromatic amines is 1. The van der Waals surface area contributed by atoms with Gasteiger partial charge >= 0.3 is 0 Å². The Morgan fingerprint density at radius 2 is 2.12 bits per heavy atom. The van der Waals surface area contributed by atoms with Gasteiger partial charge in [0.2, 0.25) is 0 Å². The standard InChI is InChI=1S/C15H22N6O2S/c1-11-18-13(9-14(19-11)15-16-6-7-17-15)12-5-4-8-21(10-12)24(22,23)20(2)3/h6-7,9,12H,4-5,8,10H2,1-3H3,(H,16,17)/t12-/m1/s1. The molecule has 1 N–H and O–H groups in total. The van der Waals surface area contributed by atoms with E-state index in [1.165, 1.54) is 8.61 Å². The highest BCUT2D eigenvalue weighted by Gasteiger charge is 2.32. The first kappa shape index (κ1) is 17.0. The van der Waals surface area contributed by atoms with E-state index in [0.29, 0.717) is 24.7 Å². The zero-order valence-electron chi connectivity index (χ0n) is 14.1. The Bertz CT molecular complexity index is 803. The van der Waals surface area contributed by atoms with Crippen LogP contribution in [0, 0.1) is 6.92 Å². The summed E-state index contributed by atoms with van der Waals surface area (Å²) in [5.41, 5.74) is 1.60. The molecule has 0 aromatic carbocycles. The summed E-state index contributed by atoms with van der Waals surface area (Å²) in [6.07, 6.45) is 5.15. The highest BCUT2D eigenvalue weighted by Crippen LogP contribution is 2.29. The van der Waals surface area contributed by atoms with Gasteiger partial charge in [0.05, 0.1) is 0 Å². The molecule has 1 aliphatic heterocycles. The SMILES string of the molecule is Cc1nc(-c2ncc[nH]2)cc([C@@H]2CCCN(S(=O)(=O)N(C)C)C2)n1. The molecule has 1 saturated heterocycles. The van der Waals surface area contributed by atoms with Crippen molar-refractivity contribution in [2.45, 2.75) is 25.7 Å². The molecular formula is C15H22N6O2S. The van der Waals surface area contributed by atoms with Gasteiger partial charge in [0, 0.05) is 51.2 Å². The molecule has 1 aliphatic rings. The molecular weight excluding hydrogens is 328 g/mol. The van der Waals surface area contributed by atoms with Crippen LogP contribution >= 0.6 is 0 Å². The van der Waals surface area contributed by atoms with Gasteiger partial charge in [-0.3, -0.25) is 0 Å². The first-order valence-corrected chi connectivity index (χ1v) is 9.30. The number of piperidine rings is 1. The lowest BCUT2D eigenvalue weighted by atomic mass is 9.95. The number of imidazole rings is 1. The Hall–Kier alpha value is -1.84. The van der Waals surface area contributed by atoms with Gasteiger partial charge in [-0.05, 0) is 25.8 Å². The number of aryl methyl sites for hydroxylation is 1. The van der Waals surface area contributed by atoms with E-state index in [4.69, 9.17) is 0 Å². The van der Waals surface area contributed by atoms with Crippen molar-refractivity contribution in [3.05, 3.63) is 30.0 Å². The minimum absolute atomic E-state index is 0.0592. The van der Waals surface area contributed by atoms with Gasteiger partial charge in [-0.2, -0.15) is 17.0 Å². The van der Waals surface area contributed by atoms with Crippen molar-refractivity contribution in [3.63, 3.8) is 0 Å². The minimum Gasteiger partial charge on any atom is -0.343 e. The molecule has 0 saturated carbocycles. The maximum absolute atomic E-state index is 12.4. The lowest BCUT2D eigenvalue weighted by Crippen LogP contribution is -2.45. The minimum atomic E-state index is -3.40. The third-order valence-electron chi connectivity index (χ3n) is 4.19. The molecule has 1 fully saturated rings. The van der Waals surface area contributed by atoms with Gasteiger partial charge in [-0.1, -0.05) is 0 Å². The van der Waals surface area contributed by atoms with E-state index in [2.05, 4.69) is 19.9 Å². The van der Waals surface area contributed by atoms with Crippen LogP contribution in [0.3, 0.4) is 0 Å². The summed E-state index contributed by atoms with van der Waals surface area (Å²) in [5, 5.41) is 0. The lowest BCUT2D eigenvalue weighted by Gasteiger charge is -2.33. The summed E-state index contributed by atoms with van der Waals surface area (Å²) >= 11 is 0. The van der Waals surface area contributed by atoms with Crippen LogP contribution < -0.4 is 0 Å². The quantitative estimate of drug-likeness (QED) is 0.893. The van der Waals surface area contributed by atoms with E-state index in [0.717, 1.165) is 24.2 Å². The molecule has 3 rings (SSSR count). The van der Waals surface area contributed by atoms with Crippen molar-refractivity contribution in [1.29, 1.82) is 0 Å². The van der Waals surface area contributed by atoms with Crippen LogP contribution in [0.1, 0.15) is 30.3 Å². The monoisotopic (exact) mass is 350 g/mol. The van der Waals surface area contributed by atoms with E-state index in [1.807, 2.05) is 13.0 Å². The Morgan fingerprint density at radius 1 is 1.33 bits per heavy atom. The highest BCUT2D eigenvalue weighted by molar-refractivity contribution is 7.86. The maximum atomic E-state index is 12.4. The molecule has 0 radical (unpaired) electrons. The molecule has 24 heavy (non-hydrogen) atoms. The van der Waals surface area contributed by atoms with Crippen molar-refractivity contribution in [2.24, 2.45) is 0 Å². The van der Waals surface area contributed by atoms with Crippen LogP contribution in [0.15, 0.2) is 18.5 Å². The number of H-pyrrole nitrogens is 1. The average Bonchev–Trinajstić information content (AvgIpc) is 3.09. The van der Waals surface area contributed by atoms with Crippen LogP contribution in [-0.2, 0) is 10.2 Å². The summed E-state index contributed by atoms with van der Waals surface area (Å²) < 4.78 is 27.6. The van der Waals surface area contributed by atoms with Gasteiger partial charge in [0.15, 0.2) is 5.82 Å². The van der Waals surface area contributed by atoms with Gasteiger partial charge < -0.3 is 4.98 Å². The molecule has 9 heteroatoms. The zero-order valence-corrected chi connectivity index (χ0v) is 14.9. The number of rotatable bonds is 4. The Labute approximate surface area is 142 Å². The fourth-order valence-electron chi connectivity index (χ4n) is 2.95. The third kappa shape index (κ3) is 3.33. The molecule has 0 aliphatic carbocycles. The average molecular weight is 350 g/mol. The van der Waals surface area contributed by atoms with Crippen molar-refractivity contribution in [1.82, 2.24) is 28.5 Å². The van der Waals surface area contributed by atoms with Gasteiger partial charge in [0.25, 0.3) is 10.2 Å². The fourth-order valence-corrected chi connectivity index (χ4v) is 4.14. The highest BCUT2D eigenvalue weighted by atomic mass is 32.2. The topological polar surface area (TPSA) is 95.1 Å². The third-order valence-corrected chi connectivity index (χ3v) is 6.10. The van der Waals surface area contributed by atoms with E-state index >= 15 is 0 Å². The van der Waals surface area contributed by atoms with Crippen molar-refractivity contribution in [3.8, 4) is 11.5 Å². The Morgan fingerprint density at radius 3 is 2.79 bits per heavy atom. The summed E-state index contributed by atoms with van der Waals surface area (Å²) in [6, 6.07) is 1.91. The van der Waals surface area contributed by atoms with Crippen LogP contribution in [-0.4, -0.2) is 64.1 Å². The maximum Gasteiger partial charge on any atom is 0.281 e. The molecule has 130 valence electrons. The summed E-state index contributed by atoms with van der Waals surface area (Å²) in [6.45, 7) is 2.83. The van der Waals surface area contributed by atoms with Crippen LogP contribution in [0.5, 0.6) is 0 Å². The van der Waals surface area contributed by atoms with E-state index in [1.54, 1.807) is 26.5 Å². The molecule has 1 atom stereocenters. The predicted octanol–water partition coefficient (Wildman–Crippen LogP) is 1.16. The Kier molecular flexibility index (Phi) is 4.66. The zero-order chi connectivity index (χ0) is 17.3. The van der Waals surface area contributed by atoms with Crippen molar-refractivity contribution >= 4 is 10.2 Å². The molecule has 0 unspecified atom stereocenters. The number of nitrogens with zero attached hydrogens (tertiary/aromatic N) is 5. The summed E-state index contributed by atoms with van der Waals surface area (Å²) in [4.78, 5) is 16.2. The summed E-state index contributed by atoms with van der Waals surface area (Å²) in [5.74, 6) is 1.41. The predicted molar refractivity (Wildman–Crippen MR) is 90.5 cm³/mol. The van der Waals surface area contributed by atoms with E-state index in [9.17, 15) is 8.42 Å². The molecule has 2 aromatic rings. The number of nitrogens with one attached hydrogen (secondary N) is 1.